The Morgan fingerprint density at radius 1 is 1.53 bits per heavy atom. The summed E-state index contributed by atoms with van der Waals surface area (Å²) in [4.78, 5) is 4.25. The minimum Gasteiger partial charge on any atom is -0.362 e. The molecule has 0 aliphatic carbocycles. The van der Waals surface area contributed by atoms with Gasteiger partial charge in [-0.25, -0.2) is 4.98 Å². The molecule has 0 aromatic carbocycles. The van der Waals surface area contributed by atoms with Crippen molar-refractivity contribution in [2.45, 2.75) is 20.8 Å². The lowest BCUT2D eigenvalue weighted by Crippen LogP contribution is -2.39. The minimum atomic E-state index is 0.470. The predicted octanol–water partition coefficient (Wildman–Crippen LogP) is 1.38. The van der Waals surface area contributed by atoms with E-state index in [1.54, 1.807) is 0 Å². The Hall–Kier alpha value is -1.87. The number of aryl methyl sites for hydroxylation is 2. The Balaban J connectivity index is 2.84. The molecule has 0 saturated heterocycles. The summed E-state index contributed by atoms with van der Waals surface area (Å²) >= 11 is 5.00. The Morgan fingerprint density at radius 3 is 2.82 bits per heavy atom. The van der Waals surface area contributed by atoms with Gasteiger partial charge in [-0.05, 0) is 44.6 Å². The number of aromatic nitrogens is 1. The molecule has 0 unspecified atom stereocenters. The van der Waals surface area contributed by atoms with Crippen molar-refractivity contribution in [3.05, 3.63) is 22.9 Å². The fraction of sp³-hybridized carbons (Fsp3) is 0.364. The zero-order valence-corrected chi connectivity index (χ0v) is 10.9. The normalized spacial score (nSPS) is 9.29. The van der Waals surface area contributed by atoms with E-state index < -0.39 is 0 Å². The third-order valence-electron chi connectivity index (χ3n) is 2.09. The van der Waals surface area contributed by atoms with E-state index in [9.17, 15) is 0 Å². The third kappa shape index (κ3) is 3.57. The molecule has 0 atom stereocenters. The van der Waals surface area contributed by atoms with Crippen LogP contribution in [0.4, 0.5) is 5.82 Å². The second-order valence-electron chi connectivity index (χ2n) is 3.53. The summed E-state index contributed by atoms with van der Waals surface area (Å²) in [6, 6.07) is 3.99. The number of rotatable bonds is 3. The van der Waals surface area contributed by atoms with Crippen LogP contribution < -0.4 is 16.2 Å². The standard InChI is InChI=1S/C11H15N5S/c1-4-13-11(17)16-15-10-9(6-12)7(2)5-8(3)14-10/h5H,4H2,1-3H3,(H,14,15)(H2,13,16,17). The van der Waals surface area contributed by atoms with Gasteiger partial charge < -0.3 is 5.32 Å². The van der Waals surface area contributed by atoms with Crippen LogP contribution in [0.2, 0.25) is 0 Å². The maximum Gasteiger partial charge on any atom is 0.185 e. The van der Waals surface area contributed by atoms with Crippen LogP contribution in [0.5, 0.6) is 0 Å². The monoisotopic (exact) mass is 249 g/mol. The lowest BCUT2D eigenvalue weighted by Gasteiger charge is -2.13. The summed E-state index contributed by atoms with van der Waals surface area (Å²) in [5.74, 6) is 0.491. The summed E-state index contributed by atoms with van der Waals surface area (Å²) < 4.78 is 0. The first kappa shape index (κ1) is 13.2. The van der Waals surface area contributed by atoms with Crippen LogP contribution in [0.15, 0.2) is 6.07 Å². The quantitative estimate of drug-likeness (QED) is 0.555. The fourth-order valence-corrected chi connectivity index (χ4v) is 1.58. The molecular formula is C11H15N5S. The lowest BCUT2D eigenvalue weighted by molar-refractivity contribution is 0.921. The van der Waals surface area contributed by atoms with Gasteiger partial charge >= 0.3 is 0 Å². The van der Waals surface area contributed by atoms with Crippen molar-refractivity contribution in [3.63, 3.8) is 0 Å². The SMILES string of the molecule is CCNC(=S)NNc1nc(C)cc(C)c1C#N. The number of nitrogens with zero attached hydrogens (tertiary/aromatic N) is 2. The number of nitriles is 1. The van der Waals surface area contributed by atoms with Crippen molar-refractivity contribution in [2.24, 2.45) is 0 Å². The molecule has 0 amide bonds. The Bertz CT molecular complexity index is 464. The zero-order valence-electron chi connectivity index (χ0n) is 10.1. The van der Waals surface area contributed by atoms with Gasteiger partial charge in [0.15, 0.2) is 10.9 Å². The molecule has 0 spiro atoms. The molecular weight excluding hydrogens is 234 g/mol. The molecule has 5 nitrogen and oxygen atoms in total. The molecule has 1 rings (SSSR count). The van der Waals surface area contributed by atoms with E-state index in [0.29, 0.717) is 16.5 Å². The van der Waals surface area contributed by atoms with Gasteiger partial charge in [0.2, 0.25) is 0 Å². The number of pyridine rings is 1. The Morgan fingerprint density at radius 2 is 2.24 bits per heavy atom. The van der Waals surface area contributed by atoms with Crippen LogP contribution in [0, 0.1) is 25.2 Å². The molecule has 1 aromatic heterocycles. The van der Waals surface area contributed by atoms with Gasteiger partial charge in [0.1, 0.15) is 6.07 Å². The van der Waals surface area contributed by atoms with Gasteiger partial charge in [-0.3, -0.25) is 10.9 Å². The molecule has 0 saturated carbocycles. The summed E-state index contributed by atoms with van der Waals surface area (Å²) in [5, 5.41) is 12.5. The number of hydrogen-bond donors (Lipinski definition) is 3. The van der Waals surface area contributed by atoms with Gasteiger partial charge in [0.05, 0.1) is 5.56 Å². The molecule has 17 heavy (non-hydrogen) atoms. The topological polar surface area (TPSA) is 72.8 Å². The number of hydrogen-bond acceptors (Lipinski definition) is 4. The highest BCUT2D eigenvalue weighted by atomic mass is 32.1. The van der Waals surface area contributed by atoms with Gasteiger partial charge in [-0.1, -0.05) is 0 Å². The third-order valence-corrected chi connectivity index (χ3v) is 2.33. The zero-order chi connectivity index (χ0) is 12.8. The number of anilines is 1. The first-order chi connectivity index (χ1) is 8.08. The number of thiocarbonyl (C=S) groups is 1. The highest BCUT2D eigenvalue weighted by molar-refractivity contribution is 7.80. The van der Waals surface area contributed by atoms with Gasteiger partial charge in [0, 0.05) is 12.2 Å². The lowest BCUT2D eigenvalue weighted by atomic mass is 10.1. The minimum absolute atomic E-state index is 0.470. The molecule has 90 valence electrons. The summed E-state index contributed by atoms with van der Waals surface area (Å²) in [6.07, 6.45) is 0. The molecule has 1 heterocycles. The van der Waals surface area contributed by atoms with E-state index in [2.05, 4.69) is 27.2 Å². The van der Waals surface area contributed by atoms with E-state index in [-0.39, 0.29) is 0 Å². The van der Waals surface area contributed by atoms with Crippen molar-refractivity contribution in [1.29, 1.82) is 5.26 Å². The van der Waals surface area contributed by atoms with Crippen molar-refractivity contribution in [2.75, 3.05) is 12.0 Å². The van der Waals surface area contributed by atoms with Crippen LogP contribution in [0.1, 0.15) is 23.7 Å². The van der Waals surface area contributed by atoms with E-state index in [1.165, 1.54) is 0 Å². The number of nitrogens with one attached hydrogen (secondary N) is 3. The van der Waals surface area contributed by atoms with Crippen molar-refractivity contribution in [3.8, 4) is 6.07 Å². The average Bonchev–Trinajstić information content (AvgIpc) is 2.26. The molecule has 0 aliphatic heterocycles. The van der Waals surface area contributed by atoms with Crippen LogP contribution in [-0.2, 0) is 0 Å². The second-order valence-corrected chi connectivity index (χ2v) is 3.93. The maximum atomic E-state index is 9.05. The first-order valence-corrected chi connectivity index (χ1v) is 5.67. The summed E-state index contributed by atoms with van der Waals surface area (Å²) in [7, 11) is 0. The molecule has 0 aliphatic rings. The van der Waals surface area contributed by atoms with Gasteiger partial charge in [0.25, 0.3) is 0 Å². The summed E-state index contributed by atoms with van der Waals surface area (Å²) in [5.41, 5.74) is 7.88. The van der Waals surface area contributed by atoms with Gasteiger partial charge in [-0.15, -0.1) is 0 Å². The molecule has 1 aromatic rings. The highest BCUT2D eigenvalue weighted by Crippen LogP contribution is 2.16. The first-order valence-electron chi connectivity index (χ1n) is 5.26. The maximum absolute atomic E-state index is 9.05. The van der Waals surface area contributed by atoms with Crippen LogP contribution in [0.3, 0.4) is 0 Å². The van der Waals surface area contributed by atoms with Gasteiger partial charge in [-0.2, -0.15) is 5.26 Å². The predicted molar refractivity (Wildman–Crippen MR) is 71.5 cm³/mol. The number of hydrazine groups is 1. The second kappa shape index (κ2) is 6.01. The van der Waals surface area contributed by atoms with Crippen LogP contribution in [-0.4, -0.2) is 16.6 Å². The van der Waals surface area contributed by atoms with Crippen molar-refractivity contribution >= 4 is 23.1 Å². The molecule has 0 fully saturated rings. The Kier molecular flexibility index (Phi) is 4.67. The van der Waals surface area contributed by atoms with Crippen LogP contribution in [0.25, 0.3) is 0 Å². The Labute approximate surface area is 106 Å². The van der Waals surface area contributed by atoms with Crippen LogP contribution >= 0.6 is 12.2 Å². The van der Waals surface area contributed by atoms with Crippen molar-refractivity contribution in [1.82, 2.24) is 15.7 Å². The molecule has 3 N–H and O–H groups in total. The fourth-order valence-electron chi connectivity index (χ4n) is 1.39. The van der Waals surface area contributed by atoms with E-state index in [0.717, 1.165) is 17.8 Å². The summed E-state index contributed by atoms with van der Waals surface area (Å²) in [6.45, 7) is 6.44. The average molecular weight is 249 g/mol. The molecule has 6 heteroatoms. The van der Waals surface area contributed by atoms with Crippen molar-refractivity contribution < 1.29 is 0 Å². The highest BCUT2D eigenvalue weighted by Gasteiger charge is 2.08. The molecule has 0 bridgehead atoms. The molecule has 0 radical (unpaired) electrons. The van der Waals surface area contributed by atoms with E-state index in [4.69, 9.17) is 17.5 Å². The largest absolute Gasteiger partial charge is 0.362 e. The van der Waals surface area contributed by atoms with E-state index >= 15 is 0 Å². The smallest absolute Gasteiger partial charge is 0.185 e. The van der Waals surface area contributed by atoms with E-state index in [1.807, 2.05) is 26.8 Å².